The van der Waals surface area contributed by atoms with E-state index in [9.17, 15) is 34.2 Å². The summed E-state index contributed by atoms with van der Waals surface area (Å²) in [5.41, 5.74) is -3.66. The molecule has 0 rings (SSSR count). The highest BCUT2D eigenvalue weighted by molar-refractivity contribution is 6.20. The maximum atomic E-state index is 11.9. The summed E-state index contributed by atoms with van der Waals surface area (Å²) in [5.74, 6) is -11.2. The van der Waals surface area contributed by atoms with Crippen molar-refractivity contribution in [2.75, 3.05) is 19.8 Å². The van der Waals surface area contributed by atoms with Crippen LogP contribution in [0.2, 0.25) is 0 Å². The molecule has 3 atom stereocenters. The number of hydrogen-bond donors (Lipinski definition) is 5. The number of ether oxygens (including phenoxy) is 1. The summed E-state index contributed by atoms with van der Waals surface area (Å²) in [6.07, 6.45) is -1.94. The number of carbonyl (C=O) groups is 5. The van der Waals surface area contributed by atoms with E-state index < -0.39 is 66.7 Å². The first-order valence-electron chi connectivity index (χ1n) is 6.15. The van der Waals surface area contributed by atoms with Crippen LogP contribution >= 0.6 is 0 Å². The Bertz CT molecular complexity index is 509. The summed E-state index contributed by atoms with van der Waals surface area (Å²) < 4.78 is 3.92. The molecule has 11 nitrogen and oxygen atoms in total. The largest absolute Gasteiger partial charge is 0.389 e. The first-order valence-corrected chi connectivity index (χ1v) is 6.15. The van der Waals surface area contributed by atoms with Gasteiger partial charge in [-0.15, -0.1) is 0 Å². The van der Waals surface area contributed by atoms with Gasteiger partial charge in [0.15, 0.2) is 11.6 Å². The molecule has 11 heteroatoms. The van der Waals surface area contributed by atoms with Crippen LogP contribution in [0.3, 0.4) is 0 Å². The predicted molar refractivity (Wildman–Crippen MR) is 67.5 cm³/mol. The molecular formula is C12H16O11. The fourth-order valence-corrected chi connectivity index (χ4v) is 1.66. The highest BCUT2D eigenvalue weighted by Gasteiger charge is 2.58. The van der Waals surface area contributed by atoms with Crippen LogP contribution in [0.15, 0.2) is 0 Å². The van der Waals surface area contributed by atoms with Crippen molar-refractivity contribution in [2.45, 2.75) is 18.6 Å². The highest BCUT2D eigenvalue weighted by Crippen LogP contribution is 2.25. The molecule has 0 aromatic rings. The van der Waals surface area contributed by atoms with Gasteiger partial charge in [-0.2, -0.15) is 0 Å². The van der Waals surface area contributed by atoms with Crippen LogP contribution in [-0.4, -0.2) is 86.3 Å². The molecule has 0 saturated carbocycles. The molecule has 5 N–H and O–H groups in total. The molecule has 0 heterocycles. The lowest BCUT2D eigenvalue weighted by Crippen LogP contribution is -2.61. The molecule has 0 amide bonds. The molecule has 0 bridgehead atoms. The number of aliphatic hydroxyl groups is 5. The van der Waals surface area contributed by atoms with Crippen molar-refractivity contribution in [2.24, 2.45) is 5.92 Å². The molecule has 0 fully saturated rings. The minimum absolute atomic E-state index is 0.855. The van der Waals surface area contributed by atoms with Gasteiger partial charge >= 0.3 is 11.9 Å². The van der Waals surface area contributed by atoms with Crippen LogP contribution in [0.4, 0.5) is 0 Å². The zero-order valence-electron chi connectivity index (χ0n) is 12.0. The van der Waals surface area contributed by atoms with E-state index in [-0.39, 0.29) is 0 Å². The van der Waals surface area contributed by atoms with E-state index in [0.29, 0.717) is 0 Å². The zero-order valence-corrected chi connectivity index (χ0v) is 12.0. The third kappa shape index (κ3) is 4.46. The van der Waals surface area contributed by atoms with Gasteiger partial charge in [-0.05, 0) is 6.92 Å². The zero-order chi connectivity index (χ0) is 18.4. The Morgan fingerprint density at radius 3 is 1.87 bits per heavy atom. The summed E-state index contributed by atoms with van der Waals surface area (Å²) >= 11 is 0. The smallest absolute Gasteiger partial charge is 0.355 e. The SMILES string of the molecule is CC(O)C(=O)C(C(=O)CO)C(O)(C(=O)CO)C(=O)OC(=O)CO. The Labute approximate surface area is 129 Å². The number of hydrogen-bond acceptors (Lipinski definition) is 11. The van der Waals surface area contributed by atoms with E-state index in [1.165, 1.54) is 0 Å². The summed E-state index contributed by atoms with van der Waals surface area (Å²) in [7, 11) is 0. The predicted octanol–water partition coefficient (Wildman–Crippen LogP) is -4.53. The first-order chi connectivity index (χ1) is 10.6. The Morgan fingerprint density at radius 2 is 1.52 bits per heavy atom. The third-order valence-electron chi connectivity index (χ3n) is 2.81. The molecular weight excluding hydrogens is 320 g/mol. The molecule has 130 valence electrons. The lowest BCUT2D eigenvalue weighted by atomic mass is 9.77. The molecule has 0 radical (unpaired) electrons. The lowest BCUT2D eigenvalue weighted by molar-refractivity contribution is -0.187. The van der Waals surface area contributed by atoms with Gasteiger partial charge in [-0.3, -0.25) is 14.4 Å². The monoisotopic (exact) mass is 336 g/mol. The number of carbonyl (C=O) groups excluding carboxylic acids is 5. The van der Waals surface area contributed by atoms with Gasteiger partial charge in [-0.1, -0.05) is 0 Å². The minimum Gasteiger partial charge on any atom is -0.389 e. The van der Waals surface area contributed by atoms with E-state index in [2.05, 4.69) is 4.74 Å². The maximum absolute atomic E-state index is 11.9. The number of ketones is 3. The van der Waals surface area contributed by atoms with Gasteiger partial charge in [-0.25, -0.2) is 9.59 Å². The van der Waals surface area contributed by atoms with Crippen LogP contribution in [0.1, 0.15) is 6.92 Å². The van der Waals surface area contributed by atoms with Crippen molar-refractivity contribution in [3.05, 3.63) is 0 Å². The Morgan fingerprint density at radius 1 is 1.00 bits per heavy atom. The van der Waals surface area contributed by atoms with E-state index >= 15 is 0 Å². The van der Waals surface area contributed by atoms with E-state index in [1.54, 1.807) is 0 Å². The molecule has 0 aromatic heterocycles. The normalized spacial score (nSPS) is 15.9. The van der Waals surface area contributed by atoms with Gasteiger partial charge in [0.2, 0.25) is 11.4 Å². The van der Waals surface area contributed by atoms with Crippen molar-refractivity contribution < 1.29 is 54.2 Å². The number of rotatable bonds is 9. The van der Waals surface area contributed by atoms with Crippen molar-refractivity contribution in [1.82, 2.24) is 0 Å². The number of Topliss-reactive ketones (excluding diaryl/α,β-unsaturated/α-hetero) is 3. The second-order valence-corrected chi connectivity index (χ2v) is 4.40. The average molecular weight is 336 g/mol. The van der Waals surface area contributed by atoms with Crippen LogP contribution in [-0.2, 0) is 28.7 Å². The highest BCUT2D eigenvalue weighted by atomic mass is 16.6. The topological polar surface area (TPSA) is 196 Å². The summed E-state index contributed by atoms with van der Waals surface area (Å²) in [4.78, 5) is 57.9. The molecule has 0 aliphatic heterocycles. The fourth-order valence-electron chi connectivity index (χ4n) is 1.66. The van der Waals surface area contributed by atoms with Crippen LogP contribution in [0, 0.1) is 5.92 Å². The molecule has 3 unspecified atom stereocenters. The van der Waals surface area contributed by atoms with Gasteiger partial charge in [0, 0.05) is 0 Å². The summed E-state index contributed by atoms with van der Waals surface area (Å²) in [5, 5.41) is 45.6. The molecule has 0 spiro atoms. The first kappa shape index (κ1) is 20.9. The average Bonchev–Trinajstić information content (AvgIpc) is 2.52. The lowest BCUT2D eigenvalue weighted by Gasteiger charge is -2.30. The fraction of sp³-hybridized carbons (Fsp3) is 0.583. The molecule has 23 heavy (non-hydrogen) atoms. The number of esters is 2. The van der Waals surface area contributed by atoms with Crippen molar-refractivity contribution in [3.63, 3.8) is 0 Å². The van der Waals surface area contributed by atoms with Crippen LogP contribution in [0.5, 0.6) is 0 Å². The molecule has 0 aliphatic carbocycles. The van der Waals surface area contributed by atoms with Crippen LogP contribution < -0.4 is 0 Å². The molecule has 0 saturated heterocycles. The number of aliphatic hydroxyl groups excluding tert-OH is 4. The Kier molecular flexibility index (Phi) is 7.79. The van der Waals surface area contributed by atoms with Gasteiger partial charge in [0.05, 0.1) is 0 Å². The van der Waals surface area contributed by atoms with E-state index in [1.807, 2.05) is 0 Å². The van der Waals surface area contributed by atoms with Crippen molar-refractivity contribution in [1.29, 1.82) is 0 Å². The van der Waals surface area contributed by atoms with Gasteiger partial charge in [0.25, 0.3) is 0 Å². The maximum Gasteiger partial charge on any atom is 0.355 e. The summed E-state index contributed by atoms with van der Waals surface area (Å²) in [6.45, 7) is -3.39. The second kappa shape index (κ2) is 8.55. The van der Waals surface area contributed by atoms with Crippen molar-refractivity contribution in [3.8, 4) is 0 Å². The summed E-state index contributed by atoms with van der Waals surface area (Å²) in [6, 6.07) is 0. The Balaban J connectivity index is 6.11. The van der Waals surface area contributed by atoms with Gasteiger partial charge < -0.3 is 30.3 Å². The Hall–Kier alpha value is -2.05. The van der Waals surface area contributed by atoms with Gasteiger partial charge in [0.1, 0.15) is 31.8 Å². The van der Waals surface area contributed by atoms with Crippen molar-refractivity contribution >= 4 is 29.3 Å². The van der Waals surface area contributed by atoms with Crippen LogP contribution in [0.25, 0.3) is 0 Å². The molecule has 0 aliphatic rings. The minimum atomic E-state index is -3.66. The molecule has 0 aromatic carbocycles. The third-order valence-corrected chi connectivity index (χ3v) is 2.81. The second-order valence-electron chi connectivity index (χ2n) is 4.40. The quantitative estimate of drug-likeness (QED) is 0.201. The van der Waals surface area contributed by atoms with E-state index in [0.717, 1.165) is 6.92 Å². The van der Waals surface area contributed by atoms with E-state index in [4.69, 9.17) is 15.3 Å². The standard InChI is InChI=1S/C12H16O11/c1-5(16)10(20)9(6(17)2-13)12(22,7(18)3-14)11(21)23-8(19)4-15/h5,9,13-16,22H,2-4H2,1H3.